The Morgan fingerprint density at radius 3 is 0.600 bits per heavy atom. The van der Waals surface area contributed by atoms with E-state index in [1.165, 1.54) is 0 Å². The molecule has 0 aliphatic rings. The molecule has 0 spiro atoms. The van der Waals surface area contributed by atoms with Crippen molar-refractivity contribution >= 4 is 0 Å². The molecule has 0 aromatic heterocycles. The first-order chi connectivity index (χ1) is 0. The molecular formula is H5MnO4-. The summed E-state index contributed by atoms with van der Waals surface area (Å²) in [5, 5.41) is 0. The fraction of sp³-hybridized carbons (Fsp3) is 0. The van der Waals surface area contributed by atoms with Gasteiger partial charge in [0.15, 0.2) is 0 Å². The Morgan fingerprint density at radius 2 is 0.600 bits per heavy atom. The molecule has 0 aliphatic carbocycles. The zero-order valence-corrected chi connectivity index (χ0v) is 3.40. The van der Waals surface area contributed by atoms with Crippen LogP contribution in [0, 0.1) is 0 Å². The molecular weight excluding hydrogens is 119 g/mol. The van der Waals surface area contributed by atoms with E-state index in [0.29, 0.717) is 0 Å². The monoisotopic (exact) mass is 124 g/mol. The van der Waals surface area contributed by atoms with E-state index in [-0.39, 0.29) is 39.0 Å². The number of hydrogen-bond donors (Lipinski definition) is 0. The van der Waals surface area contributed by atoms with Gasteiger partial charge in [0, 0.05) is 0 Å². The average molecular weight is 124 g/mol. The molecule has 0 amide bonds. The Labute approximate surface area is 39.9 Å². The number of hydrogen-bond acceptors (Lipinski definition) is 3. The van der Waals surface area contributed by atoms with Gasteiger partial charge < -0.3 is 21.9 Å². The second kappa shape index (κ2) is 381. The van der Waals surface area contributed by atoms with Gasteiger partial charge in [-0.1, -0.05) is 0 Å². The minimum atomic E-state index is 0. The molecule has 5 heavy (non-hydrogen) atoms. The summed E-state index contributed by atoms with van der Waals surface area (Å²) >= 11 is 0. The summed E-state index contributed by atoms with van der Waals surface area (Å²) in [5.74, 6) is 0. The van der Waals surface area contributed by atoms with Gasteiger partial charge in [0.1, 0.15) is 0 Å². The minimum Gasteiger partial charge on any atom is -0.870 e. The third kappa shape index (κ3) is 188. The van der Waals surface area contributed by atoms with E-state index < -0.39 is 0 Å². The molecule has 0 aromatic carbocycles. The first-order valence-corrected chi connectivity index (χ1v) is 0. The van der Waals surface area contributed by atoms with E-state index in [1.54, 1.807) is 0 Å². The third-order valence-electron chi connectivity index (χ3n) is 0. The maximum absolute atomic E-state index is 0. The van der Waals surface area contributed by atoms with Gasteiger partial charge in [-0.2, -0.15) is 0 Å². The summed E-state index contributed by atoms with van der Waals surface area (Å²) in [7, 11) is 0. The van der Waals surface area contributed by atoms with Gasteiger partial charge >= 0.3 is 17.1 Å². The van der Waals surface area contributed by atoms with Gasteiger partial charge in [0.05, 0.1) is 0 Å². The van der Waals surface area contributed by atoms with Crippen molar-refractivity contribution in [3.63, 3.8) is 0 Å². The average Bonchev–Trinajstić information content (AvgIpc) is 0. The van der Waals surface area contributed by atoms with Crippen molar-refractivity contribution in [2.45, 2.75) is 0 Å². The van der Waals surface area contributed by atoms with Crippen molar-refractivity contribution in [3.8, 4) is 0 Å². The van der Waals surface area contributed by atoms with Gasteiger partial charge in [0.2, 0.25) is 0 Å². The second-order valence-electron chi connectivity index (χ2n) is 0. The Balaban J connectivity index is 0. The smallest absolute Gasteiger partial charge is 0.870 e. The molecule has 0 rings (SSSR count). The maximum atomic E-state index is 0. The van der Waals surface area contributed by atoms with Crippen molar-refractivity contribution in [1.82, 2.24) is 0 Å². The first kappa shape index (κ1) is 788. The summed E-state index contributed by atoms with van der Waals surface area (Å²) in [4.78, 5) is 0. The summed E-state index contributed by atoms with van der Waals surface area (Å²) < 4.78 is 0. The zero-order valence-electron chi connectivity index (χ0n) is 2.22. The molecule has 0 saturated carbocycles. The van der Waals surface area contributed by atoms with Crippen LogP contribution in [0.5, 0.6) is 0 Å². The van der Waals surface area contributed by atoms with E-state index in [2.05, 4.69) is 0 Å². The largest absolute Gasteiger partial charge is 2.00 e. The summed E-state index contributed by atoms with van der Waals surface area (Å²) in [6.45, 7) is 0. The van der Waals surface area contributed by atoms with Crippen LogP contribution in [-0.2, 0) is 17.1 Å². The van der Waals surface area contributed by atoms with Crippen molar-refractivity contribution in [2.75, 3.05) is 0 Å². The maximum Gasteiger partial charge on any atom is 2.00 e. The molecule has 0 aromatic rings. The Morgan fingerprint density at radius 1 is 0.600 bits per heavy atom. The SMILES string of the molecule is O.[Mn+2].[OH-].[OH-].[OH-]. The van der Waals surface area contributed by atoms with Crippen LogP contribution in [-0.4, -0.2) is 21.9 Å². The van der Waals surface area contributed by atoms with Crippen LogP contribution in [0.2, 0.25) is 0 Å². The van der Waals surface area contributed by atoms with Crippen molar-refractivity contribution in [2.24, 2.45) is 0 Å². The molecule has 0 atom stereocenters. The van der Waals surface area contributed by atoms with Gasteiger partial charge in [-0.15, -0.1) is 0 Å². The summed E-state index contributed by atoms with van der Waals surface area (Å²) in [6, 6.07) is 0. The fourth-order valence-corrected chi connectivity index (χ4v) is 0. The van der Waals surface area contributed by atoms with Crippen LogP contribution in [0.4, 0.5) is 0 Å². The van der Waals surface area contributed by atoms with Crippen LogP contribution in [0.15, 0.2) is 0 Å². The Kier molecular flexibility index (Phi) is 60000. The normalized spacial score (nSPS) is 0. The molecule has 5 heteroatoms. The molecule has 1 radical (unpaired) electrons. The zero-order chi connectivity index (χ0) is 0. The van der Waals surface area contributed by atoms with E-state index in [1.807, 2.05) is 0 Å². The molecule has 0 aliphatic heterocycles. The van der Waals surface area contributed by atoms with Crippen molar-refractivity contribution < 1.29 is 39.0 Å². The van der Waals surface area contributed by atoms with Gasteiger partial charge in [0.25, 0.3) is 0 Å². The molecule has 37 valence electrons. The molecule has 4 nitrogen and oxygen atoms in total. The molecule has 0 heterocycles. The first-order valence-electron chi connectivity index (χ1n) is 0. The minimum absolute atomic E-state index is 0. The summed E-state index contributed by atoms with van der Waals surface area (Å²) in [6.07, 6.45) is 0. The Hall–Kier alpha value is 0.359. The van der Waals surface area contributed by atoms with Gasteiger partial charge in [-0.05, 0) is 0 Å². The molecule has 5 N–H and O–H groups in total. The topological polar surface area (TPSA) is 122 Å². The second-order valence-corrected chi connectivity index (χ2v) is 0. The molecule has 0 unspecified atom stereocenters. The molecule has 0 bridgehead atoms. The van der Waals surface area contributed by atoms with Crippen molar-refractivity contribution in [3.05, 3.63) is 0 Å². The Bertz CT molecular complexity index is 3.61. The van der Waals surface area contributed by atoms with Crippen LogP contribution >= 0.6 is 0 Å². The van der Waals surface area contributed by atoms with Crippen LogP contribution in [0.3, 0.4) is 0 Å². The van der Waals surface area contributed by atoms with Crippen LogP contribution in [0.25, 0.3) is 0 Å². The van der Waals surface area contributed by atoms with Crippen LogP contribution in [0.1, 0.15) is 0 Å². The molecule has 0 saturated heterocycles. The molecule has 0 fully saturated rings. The van der Waals surface area contributed by atoms with Gasteiger partial charge in [-0.3, -0.25) is 0 Å². The van der Waals surface area contributed by atoms with E-state index in [0.717, 1.165) is 0 Å². The van der Waals surface area contributed by atoms with E-state index in [4.69, 9.17) is 0 Å². The fourth-order valence-electron chi connectivity index (χ4n) is 0. The number of rotatable bonds is 0. The predicted molar refractivity (Wildman–Crippen MR) is 9.42 cm³/mol. The summed E-state index contributed by atoms with van der Waals surface area (Å²) in [5.41, 5.74) is 0. The van der Waals surface area contributed by atoms with E-state index >= 15 is 0 Å². The third-order valence-corrected chi connectivity index (χ3v) is 0. The quantitative estimate of drug-likeness (QED) is 0.370. The van der Waals surface area contributed by atoms with Crippen LogP contribution < -0.4 is 0 Å². The van der Waals surface area contributed by atoms with Crippen molar-refractivity contribution in [1.29, 1.82) is 0 Å². The van der Waals surface area contributed by atoms with Gasteiger partial charge in [-0.25, -0.2) is 0 Å². The predicted octanol–water partition coefficient (Wildman–Crippen LogP) is -1.36. The standard InChI is InChI=1S/Mn.4H2O/h;4*1H2/q+2;;;;/p-3. The van der Waals surface area contributed by atoms with E-state index in [9.17, 15) is 0 Å².